The molecule has 2 rings (SSSR count). The van der Waals surface area contributed by atoms with Crippen LogP contribution in [-0.2, 0) is 23.4 Å². The van der Waals surface area contributed by atoms with Crippen molar-refractivity contribution in [2.45, 2.75) is 25.9 Å². The van der Waals surface area contributed by atoms with Gasteiger partial charge in [-0.05, 0) is 20.4 Å². The first kappa shape index (κ1) is 13.8. The molecule has 1 unspecified atom stereocenters. The first-order valence-electron chi connectivity index (χ1n) is 5.89. The van der Waals surface area contributed by atoms with Crippen LogP contribution in [0.2, 0.25) is 5.15 Å². The standard InChI is InChI=1S/C11H18ClN3O2S/c1-8-10(11(12)15(3)13-8)6-14(2)9-4-5-18(16,17)7-9/h9H,4-7H2,1-3H3. The van der Waals surface area contributed by atoms with Crippen molar-refractivity contribution in [2.75, 3.05) is 18.6 Å². The molecule has 5 nitrogen and oxygen atoms in total. The summed E-state index contributed by atoms with van der Waals surface area (Å²) in [5.41, 5.74) is 1.88. The van der Waals surface area contributed by atoms with E-state index in [0.29, 0.717) is 23.9 Å². The first-order chi connectivity index (χ1) is 8.30. The monoisotopic (exact) mass is 291 g/mol. The lowest BCUT2D eigenvalue weighted by molar-refractivity contribution is 0.253. The summed E-state index contributed by atoms with van der Waals surface area (Å²) < 4.78 is 24.6. The van der Waals surface area contributed by atoms with Gasteiger partial charge in [0.2, 0.25) is 0 Å². The molecule has 1 aliphatic heterocycles. The Bertz CT molecular complexity index is 553. The maximum absolute atomic E-state index is 11.5. The number of halogens is 1. The maximum atomic E-state index is 11.5. The van der Waals surface area contributed by atoms with Gasteiger partial charge in [-0.25, -0.2) is 8.42 Å². The highest BCUT2D eigenvalue weighted by Crippen LogP contribution is 2.23. The predicted octanol–water partition coefficient (Wildman–Crippen LogP) is 1.00. The van der Waals surface area contributed by atoms with E-state index in [1.54, 1.807) is 11.7 Å². The Hall–Kier alpha value is -0.590. The molecule has 1 aliphatic rings. The lowest BCUT2D eigenvalue weighted by Crippen LogP contribution is -2.32. The van der Waals surface area contributed by atoms with Gasteiger partial charge in [-0.2, -0.15) is 5.10 Å². The van der Waals surface area contributed by atoms with Gasteiger partial charge in [-0.3, -0.25) is 9.58 Å². The van der Waals surface area contributed by atoms with Gasteiger partial charge in [0.05, 0.1) is 17.2 Å². The van der Waals surface area contributed by atoms with Gasteiger partial charge in [-0.15, -0.1) is 0 Å². The molecule has 7 heteroatoms. The van der Waals surface area contributed by atoms with E-state index in [0.717, 1.165) is 11.3 Å². The van der Waals surface area contributed by atoms with Crippen LogP contribution < -0.4 is 0 Å². The van der Waals surface area contributed by atoms with Gasteiger partial charge in [0, 0.05) is 25.2 Å². The summed E-state index contributed by atoms with van der Waals surface area (Å²) in [5, 5.41) is 4.88. The molecule has 0 amide bonds. The van der Waals surface area contributed by atoms with Crippen molar-refractivity contribution >= 4 is 21.4 Å². The van der Waals surface area contributed by atoms with Crippen LogP contribution in [0.15, 0.2) is 0 Å². The number of hydrogen-bond donors (Lipinski definition) is 0. The first-order valence-corrected chi connectivity index (χ1v) is 8.09. The number of sulfone groups is 1. The summed E-state index contributed by atoms with van der Waals surface area (Å²) in [6.45, 7) is 2.55. The Morgan fingerprint density at radius 2 is 2.22 bits per heavy atom. The summed E-state index contributed by atoms with van der Waals surface area (Å²) in [6, 6.07) is 0.0886. The van der Waals surface area contributed by atoms with Crippen molar-refractivity contribution in [3.63, 3.8) is 0 Å². The van der Waals surface area contributed by atoms with E-state index in [1.165, 1.54) is 0 Å². The summed E-state index contributed by atoms with van der Waals surface area (Å²) in [7, 11) is 0.900. The zero-order valence-electron chi connectivity index (χ0n) is 10.9. The average Bonchev–Trinajstić information content (AvgIpc) is 2.74. The van der Waals surface area contributed by atoms with E-state index in [2.05, 4.69) is 10.00 Å². The SMILES string of the molecule is Cc1nn(C)c(Cl)c1CN(C)C1CCS(=O)(=O)C1. The average molecular weight is 292 g/mol. The third kappa shape index (κ3) is 2.70. The van der Waals surface area contributed by atoms with Crippen LogP contribution in [0.1, 0.15) is 17.7 Å². The van der Waals surface area contributed by atoms with Crippen LogP contribution in [0.4, 0.5) is 0 Å². The highest BCUT2D eigenvalue weighted by Gasteiger charge is 2.31. The van der Waals surface area contributed by atoms with Gasteiger partial charge >= 0.3 is 0 Å². The van der Waals surface area contributed by atoms with Crippen molar-refractivity contribution in [3.8, 4) is 0 Å². The second kappa shape index (κ2) is 4.83. The minimum atomic E-state index is -2.84. The molecule has 18 heavy (non-hydrogen) atoms. The molecule has 102 valence electrons. The molecular formula is C11H18ClN3O2S. The number of nitrogens with zero attached hydrogens (tertiary/aromatic N) is 3. The van der Waals surface area contributed by atoms with Crippen molar-refractivity contribution in [3.05, 3.63) is 16.4 Å². The van der Waals surface area contributed by atoms with Crippen molar-refractivity contribution in [1.82, 2.24) is 14.7 Å². The Balaban J connectivity index is 2.10. The van der Waals surface area contributed by atoms with E-state index in [1.807, 2.05) is 14.0 Å². The minimum Gasteiger partial charge on any atom is -0.298 e. The third-order valence-corrected chi connectivity index (χ3v) is 5.73. The smallest absolute Gasteiger partial charge is 0.151 e. The molecule has 0 N–H and O–H groups in total. The molecule has 1 saturated heterocycles. The Morgan fingerprint density at radius 1 is 1.56 bits per heavy atom. The quantitative estimate of drug-likeness (QED) is 0.834. The largest absolute Gasteiger partial charge is 0.298 e. The van der Waals surface area contributed by atoms with E-state index in [9.17, 15) is 8.42 Å². The van der Waals surface area contributed by atoms with Crippen LogP contribution in [0.25, 0.3) is 0 Å². The second-order valence-electron chi connectivity index (χ2n) is 4.95. The summed E-state index contributed by atoms with van der Waals surface area (Å²) in [5.74, 6) is 0.544. The Morgan fingerprint density at radius 3 is 2.67 bits per heavy atom. The Labute approximate surface area is 113 Å². The number of aromatic nitrogens is 2. The number of rotatable bonds is 3. The molecule has 0 saturated carbocycles. The van der Waals surface area contributed by atoms with Crippen molar-refractivity contribution in [2.24, 2.45) is 7.05 Å². The number of hydrogen-bond acceptors (Lipinski definition) is 4. The molecule has 1 aromatic rings. The molecule has 1 atom stereocenters. The highest BCUT2D eigenvalue weighted by atomic mass is 35.5. The van der Waals surface area contributed by atoms with Gasteiger partial charge in [0.25, 0.3) is 0 Å². The lowest BCUT2D eigenvalue weighted by Gasteiger charge is -2.22. The van der Waals surface area contributed by atoms with Crippen LogP contribution in [-0.4, -0.2) is 47.7 Å². The van der Waals surface area contributed by atoms with Crippen LogP contribution >= 0.6 is 11.6 Å². The van der Waals surface area contributed by atoms with E-state index in [-0.39, 0.29) is 11.8 Å². The van der Waals surface area contributed by atoms with Crippen LogP contribution in [0.3, 0.4) is 0 Å². The fraction of sp³-hybridized carbons (Fsp3) is 0.727. The molecule has 2 heterocycles. The van der Waals surface area contributed by atoms with Gasteiger partial charge in [-0.1, -0.05) is 11.6 Å². The lowest BCUT2D eigenvalue weighted by atomic mass is 10.2. The van der Waals surface area contributed by atoms with Crippen LogP contribution in [0.5, 0.6) is 0 Å². The molecule has 1 aromatic heterocycles. The zero-order chi connectivity index (χ0) is 13.5. The van der Waals surface area contributed by atoms with Crippen molar-refractivity contribution in [1.29, 1.82) is 0 Å². The fourth-order valence-electron chi connectivity index (χ4n) is 2.36. The third-order valence-electron chi connectivity index (χ3n) is 3.51. The minimum absolute atomic E-state index is 0.0886. The van der Waals surface area contributed by atoms with E-state index >= 15 is 0 Å². The summed E-state index contributed by atoms with van der Waals surface area (Å²) in [6.07, 6.45) is 0.704. The van der Waals surface area contributed by atoms with Gasteiger partial charge < -0.3 is 0 Å². The van der Waals surface area contributed by atoms with E-state index < -0.39 is 9.84 Å². The zero-order valence-corrected chi connectivity index (χ0v) is 12.4. The van der Waals surface area contributed by atoms with Crippen LogP contribution in [0, 0.1) is 6.92 Å². The van der Waals surface area contributed by atoms with Gasteiger partial charge in [0.15, 0.2) is 9.84 Å². The van der Waals surface area contributed by atoms with E-state index in [4.69, 9.17) is 11.6 Å². The molecule has 1 fully saturated rings. The molecular weight excluding hydrogens is 274 g/mol. The fourth-order valence-corrected chi connectivity index (χ4v) is 4.39. The maximum Gasteiger partial charge on any atom is 0.151 e. The topological polar surface area (TPSA) is 55.2 Å². The summed E-state index contributed by atoms with van der Waals surface area (Å²) >= 11 is 6.18. The molecule has 0 spiro atoms. The Kier molecular flexibility index (Phi) is 3.71. The van der Waals surface area contributed by atoms with Crippen molar-refractivity contribution < 1.29 is 8.42 Å². The number of aryl methyl sites for hydroxylation is 2. The second-order valence-corrected chi connectivity index (χ2v) is 7.54. The molecule has 0 radical (unpaired) electrons. The molecule has 0 aliphatic carbocycles. The normalized spacial score (nSPS) is 22.8. The predicted molar refractivity (Wildman–Crippen MR) is 71.5 cm³/mol. The highest BCUT2D eigenvalue weighted by molar-refractivity contribution is 7.91. The van der Waals surface area contributed by atoms with Gasteiger partial charge in [0.1, 0.15) is 5.15 Å². The summed E-state index contributed by atoms with van der Waals surface area (Å²) in [4.78, 5) is 2.06. The molecule has 0 aromatic carbocycles. The molecule has 0 bridgehead atoms.